The highest BCUT2D eigenvalue weighted by Gasteiger charge is 2.13. The molecule has 0 bridgehead atoms. The van der Waals surface area contributed by atoms with Gasteiger partial charge in [0.2, 0.25) is 5.91 Å². The number of nitrogens with two attached hydrogens (primary N) is 1. The molecule has 1 aromatic rings. The normalized spacial score (nSPS) is 11.7. The minimum absolute atomic E-state index is 0.0764. The van der Waals surface area contributed by atoms with E-state index in [9.17, 15) is 9.59 Å². The Kier molecular flexibility index (Phi) is 7.14. The fraction of sp³-hybridized carbons (Fsp3) is 0.467. The highest BCUT2D eigenvalue weighted by Crippen LogP contribution is 2.27. The third-order valence-corrected chi connectivity index (χ3v) is 3.38. The van der Waals surface area contributed by atoms with Gasteiger partial charge in [-0.3, -0.25) is 9.59 Å². The summed E-state index contributed by atoms with van der Waals surface area (Å²) in [5, 5.41) is 2.95. The molecule has 0 saturated carbocycles. The third kappa shape index (κ3) is 5.20. The molecule has 0 aliphatic heterocycles. The standard InChI is InChI=1S/C15H22ClN3O3/c1-4-19(5-2)14(20)9-22-13-7-6-11(8-12(13)16)18-15(21)10(3)17/h6-8,10H,4-5,9,17H2,1-3H3,(H,18,21). The van der Waals surface area contributed by atoms with Gasteiger partial charge in [0.1, 0.15) is 5.75 Å². The Morgan fingerprint density at radius 2 is 2.00 bits per heavy atom. The second-order valence-corrected chi connectivity index (χ2v) is 5.19. The molecule has 7 heteroatoms. The Hall–Kier alpha value is -1.79. The van der Waals surface area contributed by atoms with Crippen LogP contribution in [-0.4, -0.2) is 42.5 Å². The summed E-state index contributed by atoms with van der Waals surface area (Å²) in [5.41, 5.74) is 6.00. The van der Waals surface area contributed by atoms with E-state index < -0.39 is 6.04 Å². The summed E-state index contributed by atoms with van der Waals surface area (Å²) in [5.74, 6) is -0.0159. The molecule has 0 aliphatic rings. The minimum atomic E-state index is -0.610. The average molecular weight is 328 g/mol. The Balaban J connectivity index is 2.66. The maximum atomic E-state index is 11.9. The van der Waals surface area contributed by atoms with Gasteiger partial charge in [-0.15, -0.1) is 0 Å². The van der Waals surface area contributed by atoms with Gasteiger partial charge < -0.3 is 20.7 Å². The number of ether oxygens (including phenoxy) is 1. The Labute approximate surface area is 135 Å². The highest BCUT2D eigenvalue weighted by atomic mass is 35.5. The fourth-order valence-corrected chi connectivity index (χ4v) is 1.99. The molecule has 6 nitrogen and oxygen atoms in total. The number of anilines is 1. The maximum Gasteiger partial charge on any atom is 0.260 e. The Bertz CT molecular complexity index is 531. The zero-order valence-electron chi connectivity index (χ0n) is 13.1. The van der Waals surface area contributed by atoms with E-state index in [2.05, 4.69) is 5.32 Å². The lowest BCUT2D eigenvalue weighted by molar-refractivity contribution is -0.133. The summed E-state index contributed by atoms with van der Waals surface area (Å²) in [6.07, 6.45) is 0. The van der Waals surface area contributed by atoms with Gasteiger partial charge in [0, 0.05) is 18.8 Å². The van der Waals surface area contributed by atoms with Crippen LogP contribution in [0.3, 0.4) is 0 Å². The zero-order chi connectivity index (χ0) is 16.7. The van der Waals surface area contributed by atoms with Crippen molar-refractivity contribution < 1.29 is 14.3 Å². The first-order chi connectivity index (χ1) is 10.4. The van der Waals surface area contributed by atoms with E-state index in [1.807, 2.05) is 13.8 Å². The van der Waals surface area contributed by atoms with Crippen LogP contribution in [0.15, 0.2) is 18.2 Å². The lowest BCUT2D eigenvalue weighted by Gasteiger charge is -2.19. The number of benzene rings is 1. The topological polar surface area (TPSA) is 84.7 Å². The van der Waals surface area contributed by atoms with Crippen molar-refractivity contribution in [1.29, 1.82) is 0 Å². The quantitative estimate of drug-likeness (QED) is 0.800. The van der Waals surface area contributed by atoms with E-state index in [-0.39, 0.29) is 18.4 Å². The lowest BCUT2D eigenvalue weighted by atomic mass is 10.2. The average Bonchev–Trinajstić information content (AvgIpc) is 2.47. The summed E-state index contributed by atoms with van der Waals surface area (Å²) in [4.78, 5) is 25.0. The lowest BCUT2D eigenvalue weighted by Crippen LogP contribution is -2.34. The van der Waals surface area contributed by atoms with Gasteiger partial charge in [0.05, 0.1) is 11.1 Å². The number of nitrogens with zero attached hydrogens (tertiary/aromatic N) is 1. The Morgan fingerprint density at radius 1 is 1.36 bits per heavy atom. The summed E-state index contributed by atoms with van der Waals surface area (Å²) in [7, 11) is 0. The van der Waals surface area contributed by atoms with Gasteiger partial charge in [0.15, 0.2) is 6.61 Å². The van der Waals surface area contributed by atoms with Crippen LogP contribution in [-0.2, 0) is 9.59 Å². The number of carbonyl (C=O) groups is 2. The van der Waals surface area contributed by atoms with Crippen LogP contribution in [0.25, 0.3) is 0 Å². The number of hydrogen-bond acceptors (Lipinski definition) is 4. The van der Waals surface area contributed by atoms with E-state index in [1.165, 1.54) is 0 Å². The molecule has 0 fully saturated rings. The molecule has 3 N–H and O–H groups in total. The minimum Gasteiger partial charge on any atom is -0.482 e. The molecular formula is C15H22ClN3O3. The summed E-state index contributed by atoms with van der Waals surface area (Å²) < 4.78 is 5.43. The van der Waals surface area contributed by atoms with Crippen molar-refractivity contribution in [2.24, 2.45) is 5.73 Å². The van der Waals surface area contributed by atoms with Crippen molar-refractivity contribution in [2.45, 2.75) is 26.8 Å². The van der Waals surface area contributed by atoms with Crippen LogP contribution in [0, 0.1) is 0 Å². The maximum absolute atomic E-state index is 11.9. The van der Waals surface area contributed by atoms with Gasteiger partial charge in [-0.25, -0.2) is 0 Å². The molecule has 1 rings (SSSR count). The summed E-state index contributed by atoms with van der Waals surface area (Å²) in [6.45, 7) is 6.60. The summed E-state index contributed by atoms with van der Waals surface area (Å²) >= 11 is 6.09. The fourth-order valence-electron chi connectivity index (χ4n) is 1.76. The second-order valence-electron chi connectivity index (χ2n) is 4.78. The van der Waals surface area contributed by atoms with E-state index in [0.29, 0.717) is 29.5 Å². The first-order valence-electron chi connectivity index (χ1n) is 7.15. The predicted octanol–water partition coefficient (Wildman–Crippen LogP) is 1.87. The molecule has 0 spiro atoms. The first-order valence-corrected chi connectivity index (χ1v) is 7.53. The van der Waals surface area contributed by atoms with Crippen molar-refractivity contribution in [1.82, 2.24) is 4.90 Å². The number of nitrogens with one attached hydrogen (secondary N) is 1. The van der Waals surface area contributed by atoms with Crippen LogP contribution in [0.2, 0.25) is 5.02 Å². The highest BCUT2D eigenvalue weighted by molar-refractivity contribution is 6.32. The smallest absolute Gasteiger partial charge is 0.260 e. The Morgan fingerprint density at radius 3 is 2.50 bits per heavy atom. The molecule has 0 saturated heterocycles. The van der Waals surface area contributed by atoms with Crippen LogP contribution in [0.4, 0.5) is 5.69 Å². The van der Waals surface area contributed by atoms with Crippen LogP contribution in [0.5, 0.6) is 5.75 Å². The van der Waals surface area contributed by atoms with Gasteiger partial charge >= 0.3 is 0 Å². The summed E-state index contributed by atoms with van der Waals surface area (Å²) in [6, 6.07) is 4.19. The van der Waals surface area contributed by atoms with Gasteiger partial charge in [-0.2, -0.15) is 0 Å². The van der Waals surface area contributed by atoms with Crippen molar-refractivity contribution in [3.05, 3.63) is 23.2 Å². The molecule has 122 valence electrons. The second kappa shape index (κ2) is 8.60. The number of carbonyl (C=O) groups excluding carboxylic acids is 2. The van der Waals surface area contributed by atoms with Gasteiger partial charge in [-0.1, -0.05) is 11.6 Å². The number of likely N-dealkylation sites (N-methyl/N-ethyl adjacent to an activating group) is 1. The molecule has 2 amide bonds. The third-order valence-electron chi connectivity index (χ3n) is 3.08. The van der Waals surface area contributed by atoms with Crippen LogP contribution in [0.1, 0.15) is 20.8 Å². The number of rotatable bonds is 7. The molecular weight excluding hydrogens is 306 g/mol. The van der Waals surface area contributed by atoms with Crippen molar-refractivity contribution in [2.75, 3.05) is 25.0 Å². The van der Waals surface area contributed by atoms with Crippen molar-refractivity contribution >= 4 is 29.1 Å². The predicted molar refractivity (Wildman–Crippen MR) is 87.2 cm³/mol. The molecule has 1 atom stereocenters. The largest absolute Gasteiger partial charge is 0.482 e. The molecule has 1 unspecified atom stereocenters. The van der Waals surface area contributed by atoms with E-state index >= 15 is 0 Å². The molecule has 0 heterocycles. The number of halogens is 1. The van der Waals surface area contributed by atoms with Crippen LogP contribution >= 0.6 is 11.6 Å². The number of hydrogen-bond donors (Lipinski definition) is 2. The molecule has 1 aromatic carbocycles. The van der Waals surface area contributed by atoms with Crippen molar-refractivity contribution in [3.63, 3.8) is 0 Å². The zero-order valence-corrected chi connectivity index (χ0v) is 13.8. The van der Waals surface area contributed by atoms with E-state index in [1.54, 1.807) is 30.0 Å². The first kappa shape index (κ1) is 18.3. The van der Waals surface area contributed by atoms with Gasteiger partial charge in [0.25, 0.3) is 5.91 Å². The van der Waals surface area contributed by atoms with Crippen molar-refractivity contribution in [3.8, 4) is 5.75 Å². The monoisotopic (exact) mass is 327 g/mol. The molecule has 0 aliphatic carbocycles. The molecule has 0 aromatic heterocycles. The van der Waals surface area contributed by atoms with Gasteiger partial charge in [-0.05, 0) is 39.0 Å². The molecule has 22 heavy (non-hydrogen) atoms. The van der Waals surface area contributed by atoms with E-state index in [0.717, 1.165) is 0 Å². The molecule has 0 radical (unpaired) electrons. The number of amides is 2. The SMILES string of the molecule is CCN(CC)C(=O)COc1ccc(NC(=O)C(C)N)cc1Cl. The van der Waals surface area contributed by atoms with E-state index in [4.69, 9.17) is 22.1 Å². The van der Waals surface area contributed by atoms with Crippen LogP contribution < -0.4 is 15.8 Å².